The molecule has 5 N–H and O–H groups in total. The number of hydrogen-bond donors (Lipinski definition) is 5. The number of aliphatic hydroxyl groups is 4. The minimum atomic E-state index is -1.70. The highest BCUT2D eigenvalue weighted by Gasteiger charge is 2.53. The molecule has 0 aliphatic carbocycles. The predicted molar refractivity (Wildman–Crippen MR) is 178 cm³/mol. The number of esters is 1. The molecule has 0 aromatic heterocycles. The van der Waals surface area contributed by atoms with Gasteiger partial charge in [-0.25, -0.2) is 0 Å². The topological polar surface area (TPSA) is 192 Å². The maximum atomic E-state index is 12.8. The predicted octanol–water partition coefficient (Wildman–Crippen LogP) is 1.99. The summed E-state index contributed by atoms with van der Waals surface area (Å²) in [4.78, 5) is 24.4. The van der Waals surface area contributed by atoms with Gasteiger partial charge in [-0.2, -0.15) is 0 Å². The number of halogens is 1. The lowest BCUT2D eigenvalue weighted by Crippen LogP contribution is -2.66. The first kappa shape index (κ1) is 37.3. The van der Waals surface area contributed by atoms with Crippen LogP contribution in [0.25, 0.3) is 0 Å². The molecule has 3 aromatic rings. The van der Waals surface area contributed by atoms with E-state index < -0.39 is 80.3 Å². The Kier molecular flexibility index (Phi) is 12.3. The molecule has 0 saturated carbocycles. The van der Waals surface area contributed by atoms with Crippen LogP contribution < -0.4 is 5.32 Å². The maximum Gasteiger partial charge on any atom is 0.310 e. The van der Waals surface area contributed by atoms with Crippen LogP contribution >= 0.6 is 11.6 Å². The van der Waals surface area contributed by atoms with Crippen molar-refractivity contribution in [2.75, 3.05) is 18.5 Å². The van der Waals surface area contributed by atoms with E-state index in [1.54, 1.807) is 42.5 Å². The molecule has 0 bridgehead atoms. The third-order valence-electron chi connectivity index (χ3n) is 8.69. The third kappa shape index (κ3) is 9.11. The van der Waals surface area contributed by atoms with Gasteiger partial charge in [-0.1, -0.05) is 78.3 Å². The Bertz CT molecular complexity index is 1620. The number of rotatable bonds is 11. The molecule has 0 spiro atoms. The average molecular weight is 730 g/mol. The number of benzene rings is 3. The van der Waals surface area contributed by atoms with Crippen molar-refractivity contribution in [3.63, 3.8) is 0 Å². The Morgan fingerprint density at radius 3 is 2.27 bits per heavy atom. The van der Waals surface area contributed by atoms with Crippen molar-refractivity contribution < 1.29 is 63.2 Å². The number of anilines is 1. The van der Waals surface area contributed by atoms with Crippen molar-refractivity contribution in [2.45, 2.75) is 87.7 Å². The SMILES string of the molecule is CC(=O)Nc1cc(CO[C@@H]2O[C@H](COC(=O)Cc3ccccc3)[C@@H](O[C@H]3O[C@@H]4CO[C@@H](c5ccccc5)O[C@H]4[C@H](O)[C@H]3O)[C@H](O)[C@H]2O)ccc1Cl. The van der Waals surface area contributed by atoms with Crippen LogP contribution in [0.15, 0.2) is 78.9 Å². The summed E-state index contributed by atoms with van der Waals surface area (Å²) in [6.07, 6.45) is -14.8. The Hall–Kier alpha value is -3.51. The average Bonchev–Trinajstić information content (AvgIpc) is 3.13. The van der Waals surface area contributed by atoms with E-state index in [1.165, 1.54) is 6.92 Å². The Balaban J connectivity index is 1.15. The monoisotopic (exact) mass is 729 g/mol. The first-order valence-corrected chi connectivity index (χ1v) is 16.8. The highest BCUT2D eigenvalue weighted by atomic mass is 35.5. The molecule has 3 aromatic carbocycles. The van der Waals surface area contributed by atoms with E-state index in [9.17, 15) is 30.0 Å². The zero-order chi connectivity index (χ0) is 36.1. The van der Waals surface area contributed by atoms with E-state index in [-0.39, 0.29) is 25.5 Å². The van der Waals surface area contributed by atoms with E-state index in [0.717, 1.165) is 5.56 Å². The zero-order valence-electron chi connectivity index (χ0n) is 27.5. The zero-order valence-corrected chi connectivity index (χ0v) is 28.3. The van der Waals surface area contributed by atoms with Crippen molar-refractivity contribution in [1.82, 2.24) is 0 Å². The van der Waals surface area contributed by atoms with Gasteiger partial charge >= 0.3 is 5.97 Å². The number of ether oxygens (including phenoxy) is 7. The van der Waals surface area contributed by atoms with E-state index in [0.29, 0.717) is 21.8 Å². The number of hydrogen-bond acceptors (Lipinski definition) is 13. The summed E-state index contributed by atoms with van der Waals surface area (Å²) in [5.41, 5.74) is 2.35. The Morgan fingerprint density at radius 1 is 0.843 bits per heavy atom. The molecule has 0 unspecified atom stereocenters. The van der Waals surface area contributed by atoms with Gasteiger partial charge in [0.05, 0.1) is 30.3 Å². The number of carbonyl (C=O) groups is 2. The first-order valence-electron chi connectivity index (χ1n) is 16.4. The highest BCUT2D eigenvalue weighted by molar-refractivity contribution is 6.33. The highest BCUT2D eigenvalue weighted by Crippen LogP contribution is 2.36. The summed E-state index contributed by atoms with van der Waals surface area (Å²) in [5.74, 6) is -0.917. The van der Waals surface area contributed by atoms with Crippen LogP contribution in [0.4, 0.5) is 5.69 Å². The van der Waals surface area contributed by atoms with Gasteiger partial charge < -0.3 is 58.9 Å². The molecule has 3 aliphatic heterocycles. The second kappa shape index (κ2) is 16.9. The largest absolute Gasteiger partial charge is 0.463 e. The fourth-order valence-corrected chi connectivity index (χ4v) is 6.25. The number of carbonyl (C=O) groups excluding carboxylic acids is 2. The van der Waals surface area contributed by atoms with Crippen molar-refractivity contribution in [3.05, 3.63) is 101 Å². The molecule has 11 atom stereocenters. The summed E-state index contributed by atoms with van der Waals surface area (Å²) in [6.45, 7) is 0.766. The first-order chi connectivity index (χ1) is 24.6. The lowest BCUT2D eigenvalue weighted by atomic mass is 9.96. The minimum absolute atomic E-state index is 0.00893. The van der Waals surface area contributed by atoms with Crippen LogP contribution in [-0.2, 0) is 55.8 Å². The molecular weight excluding hydrogens is 690 g/mol. The fraction of sp³-hybridized carbons (Fsp3) is 0.444. The Labute approximate surface area is 298 Å². The van der Waals surface area contributed by atoms with Crippen LogP contribution in [0.1, 0.15) is 29.9 Å². The van der Waals surface area contributed by atoms with Crippen molar-refractivity contribution in [2.24, 2.45) is 0 Å². The molecule has 15 heteroatoms. The quantitative estimate of drug-likeness (QED) is 0.180. The van der Waals surface area contributed by atoms with E-state index in [1.807, 2.05) is 36.4 Å². The van der Waals surface area contributed by atoms with Gasteiger partial charge in [-0.3, -0.25) is 9.59 Å². The number of aliphatic hydroxyl groups excluding tert-OH is 4. The summed E-state index contributed by atoms with van der Waals surface area (Å²) >= 11 is 6.18. The lowest BCUT2D eigenvalue weighted by Gasteiger charge is -2.48. The summed E-state index contributed by atoms with van der Waals surface area (Å²) in [7, 11) is 0. The van der Waals surface area contributed by atoms with E-state index in [4.69, 9.17) is 44.8 Å². The molecule has 274 valence electrons. The third-order valence-corrected chi connectivity index (χ3v) is 9.02. The molecule has 6 rings (SSSR count). The van der Waals surface area contributed by atoms with Crippen LogP contribution in [0.2, 0.25) is 5.02 Å². The van der Waals surface area contributed by atoms with Crippen LogP contribution in [0, 0.1) is 0 Å². The molecule has 51 heavy (non-hydrogen) atoms. The molecule has 3 aliphatic rings. The molecule has 3 fully saturated rings. The van der Waals surface area contributed by atoms with Gasteiger partial charge in [-0.15, -0.1) is 0 Å². The molecule has 0 radical (unpaired) electrons. The van der Waals surface area contributed by atoms with Crippen molar-refractivity contribution in [3.8, 4) is 0 Å². The normalized spacial score (nSPS) is 32.1. The fourth-order valence-electron chi connectivity index (χ4n) is 6.08. The molecule has 3 saturated heterocycles. The van der Waals surface area contributed by atoms with Crippen LogP contribution in [-0.4, -0.2) is 107 Å². The number of fused-ring (bicyclic) bond motifs is 1. The van der Waals surface area contributed by atoms with E-state index in [2.05, 4.69) is 5.32 Å². The molecule has 14 nitrogen and oxygen atoms in total. The van der Waals surface area contributed by atoms with Crippen LogP contribution in [0.5, 0.6) is 0 Å². The number of nitrogens with one attached hydrogen (secondary N) is 1. The van der Waals surface area contributed by atoms with E-state index >= 15 is 0 Å². The minimum Gasteiger partial charge on any atom is -0.463 e. The van der Waals surface area contributed by atoms with Gasteiger partial charge in [0.25, 0.3) is 0 Å². The molecule has 1 amide bonds. The van der Waals surface area contributed by atoms with Gasteiger partial charge in [0.1, 0.15) is 55.4 Å². The summed E-state index contributed by atoms with van der Waals surface area (Å²) in [6, 6.07) is 22.8. The second-order valence-corrected chi connectivity index (χ2v) is 12.9. The Morgan fingerprint density at radius 2 is 1.55 bits per heavy atom. The van der Waals surface area contributed by atoms with Crippen molar-refractivity contribution in [1.29, 1.82) is 0 Å². The smallest absolute Gasteiger partial charge is 0.310 e. The standard InChI is InChI=1S/C36H40ClNO13/c1-19(39)38-24-14-21(12-13-23(24)37)16-46-35-30(43)28(41)33(25(48-35)17-45-27(40)15-20-8-4-2-5-9-20)51-36-31(44)29(42)32-26(49-36)18-47-34(50-32)22-10-6-3-7-11-22/h2-14,25-26,28-36,41-44H,15-18H2,1H3,(H,38,39)/t25-,26-,28-,29-,30-,31-,32-,33-,34-,35-,36-/m1/s1. The van der Waals surface area contributed by atoms with Gasteiger partial charge in [0.15, 0.2) is 18.9 Å². The summed E-state index contributed by atoms with van der Waals surface area (Å²) in [5, 5.41) is 47.6. The van der Waals surface area contributed by atoms with Gasteiger partial charge in [-0.05, 0) is 23.3 Å². The second-order valence-electron chi connectivity index (χ2n) is 12.5. The van der Waals surface area contributed by atoms with Crippen molar-refractivity contribution >= 4 is 29.2 Å². The summed E-state index contributed by atoms with van der Waals surface area (Å²) < 4.78 is 41.1. The molecule has 3 heterocycles. The van der Waals surface area contributed by atoms with Gasteiger partial charge in [0, 0.05) is 12.5 Å². The van der Waals surface area contributed by atoms with Crippen LogP contribution in [0.3, 0.4) is 0 Å². The van der Waals surface area contributed by atoms with Gasteiger partial charge in [0.2, 0.25) is 5.91 Å². The lowest BCUT2D eigenvalue weighted by molar-refractivity contribution is -0.386. The number of amides is 1. The molecular formula is C36H40ClNO13. The maximum absolute atomic E-state index is 12.8.